The fraction of sp³-hybridized carbons (Fsp3) is 0.125. The molecule has 0 unspecified atom stereocenters. The van der Waals surface area contributed by atoms with Gasteiger partial charge >= 0.3 is 3.93 Å². The van der Waals surface area contributed by atoms with Crippen LogP contribution in [0.2, 0.25) is 0 Å². The van der Waals surface area contributed by atoms with Gasteiger partial charge in [-0.15, -0.1) is 0 Å². The molecule has 2 nitrogen and oxygen atoms in total. The van der Waals surface area contributed by atoms with Gasteiger partial charge in [-0.25, -0.2) is 0 Å². The van der Waals surface area contributed by atoms with Gasteiger partial charge in [-0.3, -0.25) is 4.98 Å². The highest BCUT2D eigenvalue weighted by Gasteiger charge is 2.31. The van der Waals surface area contributed by atoms with Crippen molar-refractivity contribution in [2.75, 3.05) is 0 Å². The van der Waals surface area contributed by atoms with E-state index in [1.54, 1.807) is 6.07 Å². The van der Waals surface area contributed by atoms with E-state index in [0.29, 0.717) is 11.0 Å². The Balaban J connectivity index is 2.72. The normalized spacial score (nSPS) is 12.2. The Morgan fingerprint density at radius 2 is 2.23 bits per heavy atom. The van der Waals surface area contributed by atoms with Gasteiger partial charge in [0.2, 0.25) is 0 Å². The van der Waals surface area contributed by atoms with Gasteiger partial charge in [-0.1, -0.05) is 0 Å². The monoisotopic (exact) mass is 295 g/mol. The van der Waals surface area contributed by atoms with Crippen molar-refractivity contribution in [3.63, 3.8) is 0 Å². The lowest BCUT2D eigenvalue weighted by molar-refractivity contribution is 0.128. The number of nitrogens with zero attached hydrogens (tertiary/aromatic N) is 1. The smallest absolute Gasteiger partial charge is 0.325 e. The third-order valence-electron chi connectivity index (χ3n) is 1.68. The summed E-state index contributed by atoms with van der Waals surface area (Å²) in [5, 5.41) is 0.363. The summed E-state index contributed by atoms with van der Waals surface area (Å²) >= 11 is 1.07. The van der Waals surface area contributed by atoms with Crippen molar-refractivity contribution >= 4 is 33.6 Å². The number of pyridine rings is 1. The maximum Gasteiger partial charge on any atom is 0.325 e. The summed E-state index contributed by atoms with van der Waals surface area (Å²) in [7, 11) is 0. The summed E-state index contributed by atoms with van der Waals surface area (Å²) in [6.07, 6.45) is 3.94. The molecule has 2 aromatic heterocycles. The second kappa shape index (κ2) is 2.90. The third kappa shape index (κ3) is 1.52. The molecule has 0 fully saturated rings. The van der Waals surface area contributed by atoms with E-state index in [2.05, 4.69) is 4.98 Å². The number of hydrogen-bond acceptors (Lipinski definition) is 2. The van der Waals surface area contributed by atoms with Gasteiger partial charge < -0.3 is 4.42 Å². The molecule has 0 spiro atoms. The third-order valence-corrected chi connectivity index (χ3v) is 2.26. The van der Waals surface area contributed by atoms with Gasteiger partial charge in [0.05, 0.1) is 5.56 Å². The highest BCUT2D eigenvalue weighted by molar-refractivity contribution is 14.1. The first-order chi connectivity index (χ1) is 6.09. The maximum atomic E-state index is 12.9. The Hall–Kier alpha value is -0.720. The van der Waals surface area contributed by atoms with Crippen LogP contribution in [0.3, 0.4) is 0 Å². The molecule has 0 radical (unpaired) electrons. The summed E-state index contributed by atoms with van der Waals surface area (Å²) in [6, 6.07) is 1.56. The van der Waals surface area contributed by atoms with Crippen LogP contribution < -0.4 is 0 Å². The lowest BCUT2D eigenvalue weighted by Gasteiger charge is -2.04. The van der Waals surface area contributed by atoms with Crippen LogP contribution in [-0.4, -0.2) is 4.98 Å². The topological polar surface area (TPSA) is 26.0 Å². The Bertz CT molecular complexity index is 435. The molecular weight excluding hydrogens is 291 g/mol. The molecule has 0 aliphatic carbocycles. The van der Waals surface area contributed by atoms with E-state index < -0.39 is 3.93 Å². The van der Waals surface area contributed by atoms with Crippen LogP contribution in [0.5, 0.6) is 0 Å². The molecule has 13 heavy (non-hydrogen) atoms. The number of alkyl halides is 3. The van der Waals surface area contributed by atoms with Crippen LogP contribution in [-0.2, 0) is 3.93 Å². The van der Waals surface area contributed by atoms with E-state index in [0.717, 1.165) is 28.9 Å². The van der Waals surface area contributed by atoms with Crippen LogP contribution in [0.25, 0.3) is 11.0 Å². The summed E-state index contributed by atoms with van der Waals surface area (Å²) < 4.78 is 27.9. The van der Waals surface area contributed by atoms with Crippen LogP contribution >= 0.6 is 22.6 Å². The first kappa shape index (κ1) is 8.86. The quantitative estimate of drug-likeness (QED) is 0.596. The Morgan fingerprint density at radius 1 is 1.46 bits per heavy atom. The second-order valence-corrected chi connectivity index (χ2v) is 3.87. The zero-order valence-electron chi connectivity index (χ0n) is 6.30. The minimum atomic E-state index is -2.91. The van der Waals surface area contributed by atoms with Crippen molar-refractivity contribution in [2.24, 2.45) is 0 Å². The average molecular weight is 295 g/mol. The molecular formula is C8H4F2INO. The number of hydrogen-bond donors (Lipinski definition) is 0. The lowest BCUT2D eigenvalue weighted by Crippen LogP contribution is -2.00. The summed E-state index contributed by atoms with van der Waals surface area (Å²) in [5.74, 6) is 0. The van der Waals surface area contributed by atoms with Crippen molar-refractivity contribution in [2.45, 2.75) is 3.93 Å². The molecule has 5 heteroatoms. The van der Waals surface area contributed by atoms with Crippen molar-refractivity contribution < 1.29 is 13.2 Å². The molecule has 0 amide bonds. The van der Waals surface area contributed by atoms with Crippen LogP contribution in [0.4, 0.5) is 8.78 Å². The fourth-order valence-corrected chi connectivity index (χ4v) is 1.51. The Labute approximate surface area is 86.1 Å². The standard InChI is InChI=1S/C8H4F2INO/c9-8(10,11)6-4-13-7-1-2-12-3-5(6)7/h1-4H. The first-order valence-corrected chi connectivity index (χ1v) is 4.55. The zero-order valence-corrected chi connectivity index (χ0v) is 8.46. The molecule has 0 aliphatic heterocycles. The van der Waals surface area contributed by atoms with E-state index in [4.69, 9.17) is 4.42 Å². The molecule has 0 saturated carbocycles. The molecule has 2 rings (SSSR count). The summed E-state index contributed by atoms with van der Waals surface area (Å²) in [6.45, 7) is 0. The van der Waals surface area contributed by atoms with Gasteiger partial charge in [0, 0.05) is 40.4 Å². The highest BCUT2D eigenvalue weighted by atomic mass is 127. The van der Waals surface area contributed by atoms with E-state index in [-0.39, 0.29) is 5.56 Å². The second-order valence-electron chi connectivity index (χ2n) is 2.52. The molecule has 0 bridgehead atoms. The van der Waals surface area contributed by atoms with Gasteiger partial charge in [0.25, 0.3) is 0 Å². The molecule has 2 heterocycles. The van der Waals surface area contributed by atoms with Gasteiger partial charge in [0.1, 0.15) is 11.8 Å². The SMILES string of the molecule is FC(F)(I)c1coc2ccncc12. The van der Waals surface area contributed by atoms with E-state index in [1.807, 2.05) is 0 Å². The molecule has 0 aromatic carbocycles. The average Bonchev–Trinajstić information content (AvgIpc) is 2.45. The molecule has 0 aliphatic rings. The minimum Gasteiger partial charge on any atom is -0.464 e. The predicted molar refractivity (Wildman–Crippen MR) is 51.9 cm³/mol. The van der Waals surface area contributed by atoms with E-state index in [9.17, 15) is 8.78 Å². The largest absolute Gasteiger partial charge is 0.464 e. The molecule has 0 N–H and O–H groups in total. The number of halogens is 3. The summed E-state index contributed by atoms with van der Waals surface area (Å²) in [5.41, 5.74) is 0.303. The first-order valence-electron chi connectivity index (χ1n) is 3.47. The van der Waals surface area contributed by atoms with Gasteiger partial charge in [-0.2, -0.15) is 8.78 Å². The number of fused-ring (bicyclic) bond motifs is 1. The van der Waals surface area contributed by atoms with Crippen molar-refractivity contribution in [1.82, 2.24) is 4.98 Å². The van der Waals surface area contributed by atoms with Crippen molar-refractivity contribution in [3.05, 3.63) is 30.3 Å². The molecule has 2 aromatic rings. The van der Waals surface area contributed by atoms with E-state index in [1.165, 1.54) is 12.4 Å². The predicted octanol–water partition coefficient (Wildman–Crippen LogP) is 3.31. The van der Waals surface area contributed by atoms with Gasteiger partial charge in [-0.05, 0) is 6.07 Å². The Morgan fingerprint density at radius 3 is 2.92 bits per heavy atom. The molecule has 0 atom stereocenters. The van der Waals surface area contributed by atoms with Crippen LogP contribution in [0, 0.1) is 0 Å². The van der Waals surface area contributed by atoms with Crippen molar-refractivity contribution in [1.29, 1.82) is 0 Å². The minimum absolute atomic E-state index is 0.129. The molecule has 68 valence electrons. The Kier molecular flexibility index (Phi) is 1.98. The van der Waals surface area contributed by atoms with Crippen LogP contribution in [0.1, 0.15) is 5.56 Å². The fourth-order valence-electron chi connectivity index (χ4n) is 1.09. The molecule has 0 saturated heterocycles. The number of rotatable bonds is 1. The maximum absolute atomic E-state index is 12.9. The zero-order chi connectivity index (χ0) is 9.47. The van der Waals surface area contributed by atoms with Crippen molar-refractivity contribution in [3.8, 4) is 0 Å². The lowest BCUT2D eigenvalue weighted by atomic mass is 10.2. The summed E-state index contributed by atoms with van der Waals surface area (Å²) in [4.78, 5) is 3.76. The van der Waals surface area contributed by atoms with Crippen LogP contribution in [0.15, 0.2) is 29.1 Å². The number of aromatic nitrogens is 1. The number of furan rings is 1. The highest BCUT2D eigenvalue weighted by Crippen LogP contribution is 2.39. The van der Waals surface area contributed by atoms with E-state index >= 15 is 0 Å². The van der Waals surface area contributed by atoms with Gasteiger partial charge in [0.15, 0.2) is 0 Å².